The molecule has 1 aliphatic rings. The normalized spacial score (nSPS) is 13.5. The van der Waals surface area contributed by atoms with E-state index in [1.54, 1.807) is 7.11 Å². The van der Waals surface area contributed by atoms with Crippen LogP contribution in [0.25, 0.3) is 0 Å². The van der Waals surface area contributed by atoms with E-state index in [0.717, 1.165) is 24.4 Å². The lowest BCUT2D eigenvalue weighted by Crippen LogP contribution is -2.17. The third kappa shape index (κ3) is 2.17. The Bertz CT molecular complexity index is 570. The number of benzene rings is 2. The van der Waals surface area contributed by atoms with Crippen molar-refractivity contribution in [3.05, 3.63) is 59.2 Å². The molecule has 0 bridgehead atoms. The van der Waals surface area contributed by atoms with Crippen molar-refractivity contribution in [1.29, 1.82) is 0 Å². The second-order valence-corrected chi connectivity index (χ2v) is 4.82. The Hall–Kier alpha value is -2.00. The summed E-state index contributed by atoms with van der Waals surface area (Å²) >= 11 is 0. The average molecular weight is 254 g/mol. The first kappa shape index (κ1) is 12.1. The molecule has 0 radical (unpaired) electrons. The number of nitrogens with zero attached hydrogens (tertiary/aromatic N) is 1. The quantitative estimate of drug-likeness (QED) is 0.915. The predicted octanol–water partition coefficient (Wildman–Crippen LogP) is 2.67. The third-order valence-corrected chi connectivity index (χ3v) is 3.69. The summed E-state index contributed by atoms with van der Waals surface area (Å²) < 4.78 is 5.32. The molecule has 2 aromatic carbocycles. The van der Waals surface area contributed by atoms with Crippen molar-refractivity contribution in [2.45, 2.75) is 19.6 Å². The number of rotatable bonds is 3. The monoisotopic (exact) mass is 254 g/mol. The van der Waals surface area contributed by atoms with Gasteiger partial charge in [-0.1, -0.05) is 30.3 Å². The summed E-state index contributed by atoms with van der Waals surface area (Å²) in [6, 6.07) is 14.7. The molecule has 0 saturated carbocycles. The van der Waals surface area contributed by atoms with Crippen LogP contribution in [0, 0.1) is 0 Å². The van der Waals surface area contributed by atoms with Crippen LogP contribution in [0.15, 0.2) is 42.5 Å². The summed E-state index contributed by atoms with van der Waals surface area (Å²) in [5.41, 5.74) is 11.0. The van der Waals surface area contributed by atoms with E-state index in [9.17, 15) is 0 Å². The van der Waals surface area contributed by atoms with Gasteiger partial charge in [0.15, 0.2) is 0 Å². The highest BCUT2D eigenvalue weighted by Gasteiger charge is 2.20. The molecule has 0 amide bonds. The van der Waals surface area contributed by atoms with E-state index < -0.39 is 0 Å². The van der Waals surface area contributed by atoms with Gasteiger partial charge in [-0.25, -0.2) is 0 Å². The van der Waals surface area contributed by atoms with Crippen molar-refractivity contribution in [3.63, 3.8) is 0 Å². The number of nitrogens with two attached hydrogens (primary N) is 1. The molecule has 0 spiro atoms. The number of fused-ring (bicyclic) bond motifs is 1. The predicted molar refractivity (Wildman–Crippen MR) is 77.2 cm³/mol. The molecule has 3 heteroatoms. The Morgan fingerprint density at radius 2 is 1.79 bits per heavy atom. The van der Waals surface area contributed by atoms with Crippen molar-refractivity contribution in [2.24, 2.45) is 5.73 Å². The molecule has 2 N–H and O–H groups in total. The highest BCUT2D eigenvalue weighted by molar-refractivity contribution is 5.60. The van der Waals surface area contributed by atoms with Crippen molar-refractivity contribution in [3.8, 4) is 5.75 Å². The fourth-order valence-corrected chi connectivity index (χ4v) is 2.64. The van der Waals surface area contributed by atoms with E-state index in [1.165, 1.54) is 16.8 Å². The van der Waals surface area contributed by atoms with Gasteiger partial charge in [-0.3, -0.25) is 0 Å². The highest BCUT2D eigenvalue weighted by Crippen LogP contribution is 2.32. The van der Waals surface area contributed by atoms with Gasteiger partial charge in [-0.05, 0) is 22.8 Å². The van der Waals surface area contributed by atoms with Crippen LogP contribution < -0.4 is 15.4 Å². The molecule has 0 saturated heterocycles. The first-order valence-corrected chi connectivity index (χ1v) is 6.50. The summed E-state index contributed by atoms with van der Waals surface area (Å²) in [7, 11) is 1.69. The molecule has 1 aliphatic heterocycles. The molecule has 0 aliphatic carbocycles. The summed E-state index contributed by atoms with van der Waals surface area (Å²) in [5, 5.41) is 0. The van der Waals surface area contributed by atoms with Gasteiger partial charge < -0.3 is 15.4 Å². The SMILES string of the molecule is COc1ccc(CN)c(N2Cc3ccccc3C2)c1. The Kier molecular flexibility index (Phi) is 3.13. The van der Waals surface area contributed by atoms with Crippen LogP contribution >= 0.6 is 0 Å². The number of hydrogen-bond donors (Lipinski definition) is 1. The zero-order valence-corrected chi connectivity index (χ0v) is 11.1. The molecule has 3 nitrogen and oxygen atoms in total. The minimum Gasteiger partial charge on any atom is -0.497 e. The average Bonchev–Trinajstić information content (AvgIpc) is 2.90. The molecule has 98 valence electrons. The molecule has 2 aromatic rings. The number of anilines is 1. The first-order chi connectivity index (χ1) is 9.31. The maximum atomic E-state index is 5.85. The zero-order valence-electron chi connectivity index (χ0n) is 11.1. The molecule has 0 aromatic heterocycles. The van der Waals surface area contributed by atoms with E-state index in [-0.39, 0.29) is 0 Å². The maximum absolute atomic E-state index is 5.85. The number of hydrogen-bond acceptors (Lipinski definition) is 3. The number of ether oxygens (including phenoxy) is 1. The fourth-order valence-electron chi connectivity index (χ4n) is 2.64. The van der Waals surface area contributed by atoms with Gasteiger partial charge in [0.05, 0.1) is 7.11 Å². The van der Waals surface area contributed by atoms with Gasteiger partial charge in [-0.15, -0.1) is 0 Å². The first-order valence-electron chi connectivity index (χ1n) is 6.50. The lowest BCUT2D eigenvalue weighted by molar-refractivity contribution is 0.414. The summed E-state index contributed by atoms with van der Waals surface area (Å²) in [5.74, 6) is 0.878. The lowest BCUT2D eigenvalue weighted by atomic mass is 10.1. The molecule has 19 heavy (non-hydrogen) atoms. The maximum Gasteiger partial charge on any atom is 0.120 e. The van der Waals surface area contributed by atoms with Crippen LogP contribution in [0.5, 0.6) is 5.75 Å². The van der Waals surface area contributed by atoms with Gasteiger partial charge in [0.1, 0.15) is 5.75 Å². The molecular weight excluding hydrogens is 236 g/mol. The van der Waals surface area contributed by atoms with Crippen LogP contribution in [0.4, 0.5) is 5.69 Å². The van der Waals surface area contributed by atoms with Crippen LogP contribution in [0.3, 0.4) is 0 Å². The topological polar surface area (TPSA) is 38.5 Å². The standard InChI is InChI=1S/C16H18N2O/c1-19-15-7-6-12(9-17)16(8-15)18-10-13-4-2-3-5-14(13)11-18/h2-8H,9-11,17H2,1H3. The van der Waals surface area contributed by atoms with Gasteiger partial charge in [0, 0.05) is 31.4 Å². The second kappa shape index (κ2) is 4.94. The molecule has 0 atom stereocenters. The van der Waals surface area contributed by atoms with E-state index in [4.69, 9.17) is 10.5 Å². The minimum absolute atomic E-state index is 0.548. The van der Waals surface area contributed by atoms with E-state index in [1.807, 2.05) is 6.07 Å². The zero-order chi connectivity index (χ0) is 13.2. The summed E-state index contributed by atoms with van der Waals surface area (Å²) in [6.45, 7) is 2.43. The molecular formula is C16H18N2O. The van der Waals surface area contributed by atoms with Crippen molar-refractivity contribution < 1.29 is 4.74 Å². The molecule has 1 heterocycles. The molecule has 3 rings (SSSR count). The fraction of sp³-hybridized carbons (Fsp3) is 0.250. The van der Waals surface area contributed by atoms with Crippen molar-refractivity contribution in [1.82, 2.24) is 0 Å². The number of methoxy groups -OCH3 is 1. The summed E-state index contributed by atoms with van der Waals surface area (Å²) in [6.07, 6.45) is 0. The van der Waals surface area contributed by atoms with Crippen LogP contribution in [0.2, 0.25) is 0 Å². The smallest absolute Gasteiger partial charge is 0.120 e. The molecule has 0 fully saturated rings. The van der Waals surface area contributed by atoms with Gasteiger partial charge >= 0.3 is 0 Å². The van der Waals surface area contributed by atoms with E-state index in [0.29, 0.717) is 6.54 Å². The van der Waals surface area contributed by atoms with Crippen LogP contribution in [0.1, 0.15) is 16.7 Å². The van der Waals surface area contributed by atoms with Gasteiger partial charge in [-0.2, -0.15) is 0 Å². The van der Waals surface area contributed by atoms with Crippen molar-refractivity contribution >= 4 is 5.69 Å². The second-order valence-electron chi connectivity index (χ2n) is 4.82. The minimum atomic E-state index is 0.548. The van der Waals surface area contributed by atoms with Crippen molar-refractivity contribution in [2.75, 3.05) is 12.0 Å². The Morgan fingerprint density at radius 3 is 2.37 bits per heavy atom. The van der Waals surface area contributed by atoms with E-state index >= 15 is 0 Å². The third-order valence-electron chi connectivity index (χ3n) is 3.69. The summed E-state index contributed by atoms with van der Waals surface area (Å²) in [4.78, 5) is 2.36. The Labute approximate surface area is 113 Å². The lowest BCUT2D eigenvalue weighted by Gasteiger charge is -2.21. The Balaban J connectivity index is 1.96. The highest BCUT2D eigenvalue weighted by atomic mass is 16.5. The van der Waals surface area contributed by atoms with Gasteiger partial charge in [0.25, 0.3) is 0 Å². The van der Waals surface area contributed by atoms with Crippen LogP contribution in [-0.2, 0) is 19.6 Å². The van der Waals surface area contributed by atoms with Crippen LogP contribution in [-0.4, -0.2) is 7.11 Å². The van der Waals surface area contributed by atoms with Gasteiger partial charge in [0.2, 0.25) is 0 Å². The van der Waals surface area contributed by atoms with E-state index in [2.05, 4.69) is 41.3 Å². The largest absolute Gasteiger partial charge is 0.497 e. The molecule has 0 unspecified atom stereocenters. The Morgan fingerprint density at radius 1 is 1.11 bits per heavy atom.